The summed E-state index contributed by atoms with van der Waals surface area (Å²) in [7, 11) is 1.55. The molecule has 98 valence electrons. The van der Waals surface area contributed by atoms with Crippen molar-refractivity contribution in [2.45, 2.75) is 20.8 Å². The van der Waals surface area contributed by atoms with E-state index in [2.05, 4.69) is 5.10 Å². The third kappa shape index (κ3) is 2.47. The predicted octanol–water partition coefficient (Wildman–Crippen LogP) is 2.27. The van der Waals surface area contributed by atoms with Gasteiger partial charge < -0.3 is 0 Å². The van der Waals surface area contributed by atoms with Gasteiger partial charge in [-0.25, -0.2) is 4.68 Å². The summed E-state index contributed by atoms with van der Waals surface area (Å²) in [6.45, 7) is 5.45. The van der Waals surface area contributed by atoms with Crippen LogP contribution in [0.25, 0.3) is 11.3 Å². The Hall–Kier alpha value is -2.23. The standard InChI is InChI=1S/C15H16N2O2/c1-9-5-6-12(7-10(9)2)14-8-13(11(3)18)15(19)17(4)16-14/h5-8H,1-4H3. The summed E-state index contributed by atoms with van der Waals surface area (Å²) < 4.78 is 1.21. The maximum absolute atomic E-state index is 11.8. The first-order valence-electron chi connectivity index (χ1n) is 6.07. The molecule has 1 aromatic carbocycles. The van der Waals surface area contributed by atoms with E-state index in [0.29, 0.717) is 5.69 Å². The van der Waals surface area contributed by atoms with E-state index in [9.17, 15) is 9.59 Å². The van der Waals surface area contributed by atoms with Crippen molar-refractivity contribution in [2.24, 2.45) is 7.05 Å². The van der Waals surface area contributed by atoms with Crippen LogP contribution >= 0.6 is 0 Å². The van der Waals surface area contributed by atoms with Crippen molar-refractivity contribution >= 4 is 5.78 Å². The second-order valence-corrected chi connectivity index (χ2v) is 4.73. The second kappa shape index (κ2) is 4.80. The summed E-state index contributed by atoms with van der Waals surface area (Å²) >= 11 is 0. The Bertz CT molecular complexity index is 715. The Morgan fingerprint density at radius 1 is 1.16 bits per heavy atom. The summed E-state index contributed by atoms with van der Waals surface area (Å²) in [5, 5.41) is 4.21. The molecule has 0 amide bonds. The number of hydrogen-bond donors (Lipinski definition) is 0. The van der Waals surface area contributed by atoms with E-state index >= 15 is 0 Å². The van der Waals surface area contributed by atoms with Crippen LogP contribution < -0.4 is 5.56 Å². The molecule has 0 aliphatic heterocycles. The number of Topliss-reactive ketones (excluding diaryl/α,β-unsaturated/α-hetero) is 1. The molecule has 0 unspecified atom stereocenters. The van der Waals surface area contributed by atoms with E-state index in [4.69, 9.17) is 0 Å². The average molecular weight is 256 g/mol. The van der Waals surface area contributed by atoms with Gasteiger partial charge in [0.15, 0.2) is 5.78 Å². The minimum Gasteiger partial charge on any atom is -0.294 e. The molecule has 0 fully saturated rings. The van der Waals surface area contributed by atoms with Gasteiger partial charge in [-0.3, -0.25) is 9.59 Å². The highest BCUT2D eigenvalue weighted by molar-refractivity contribution is 5.94. The molecule has 0 bridgehead atoms. The Labute approximate surface area is 111 Å². The van der Waals surface area contributed by atoms with Crippen LogP contribution in [-0.2, 0) is 7.05 Å². The number of aryl methyl sites for hydroxylation is 3. The number of rotatable bonds is 2. The van der Waals surface area contributed by atoms with Crippen LogP contribution in [0.2, 0.25) is 0 Å². The van der Waals surface area contributed by atoms with Gasteiger partial charge in [0.25, 0.3) is 5.56 Å². The molecule has 0 atom stereocenters. The van der Waals surface area contributed by atoms with Crippen molar-refractivity contribution in [3.05, 3.63) is 51.3 Å². The molecule has 1 aromatic heterocycles. The van der Waals surface area contributed by atoms with Gasteiger partial charge in [-0.15, -0.1) is 0 Å². The van der Waals surface area contributed by atoms with Gasteiger partial charge in [-0.05, 0) is 44.0 Å². The molecular formula is C15H16N2O2. The SMILES string of the molecule is CC(=O)c1cc(-c2ccc(C)c(C)c2)nn(C)c1=O. The minimum atomic E-state index is -0.361. The quantitative estimate of drug-likeness (QED) is 0.774. The smallest absolute Gasteiger partial charge is 0.277 e. The average Bonchev–Trinajstić information content (AvgIpc) is 2.35. The third-order valence-corrected chi connectivity index (χ3v) is 3.25. The highest BCUT2D eigenvalue weighted by atomic mass is 16.1. The summed E-state index contributed by atoms with van der Waals surface area (Å²) in [6, 6.07) is 7.52. The van der Waals surface area contributed by atoms with Gasteiger partial charge in [0, 0.05) is 12.6 Å². The Kier molecular flexibility index (Phi) is 3.34. The highest BCUT2D eigenvalue weighted by Gasteiger charge is 2.11. The summed E-state index contributed by atoms with van der Waals surface area (Å²) in [5.41, 5.74) is 3.69. The Morgan fingerprint density at radius 3 is 2.42 bits per heavy atom. The monoisotopic (exact) mass is 256 g/mol. The molecule has 0 radical (unpaired) electrons. The van der Waals surface area contributed by atoms with Crippen LogP contribution in [0.15, 0.2) is 29.1 Å². The molecule has 4 heteroatoms. The number of aromatic nitrogens is 2. The van der Waals surface area contributed by atoms with Gasteiger partial charge in [0.05, 0.1) is 11.3 Å². The molecule has 0 aliphatic rings. The van der Waals surface area contributed by atoms with Crippen molar-refractivity contribution in [3.63, 3.8) is 0 Å². The van der Waals surface area contributed by atoms with Crippen LogP contribution in [0, 0.1) is 13.8 Å². The minimum absolute atomic E-state index is 0.172. The lowest BCUT2D eigenvalue weighted by Gasteiger charge is -2.07. The highest BCUT2D eigenvalue weighted by Crippen LogP contribution is 2.20. The molecule has 4 nitrogen and oxygen atoms in total. The molecule has 19 heavy (non-hydrogen) atoms. The van der Waals surface area contributed by atoms with Crippen molar-refractivity contribution in [2.75, 3.05) is 0 Å². The van der Waals surface area contributed by atoms with E-state index in [1.54, 1.807) is 13.1 Å². The van der Waals surface area contributed by atoms with E-state index in [-0.39, 0.29) is 16.9 Å². The molecule has 2 aromatic rings. The van der Waals surface area contributed by atoms with Crippen LogP contribution in [0.3, 0.4) is 0 Å². The van der Waals surface area contributed by atoms with E-state index in [0.717, 1.165) is 11.1 Å². The maximum Gasteiger partial charge on any atom is 0.277 e. The lowest BCUT2D eigenvalue weighted by Crippen LogP contribution is -2.25. The van der Waals surface area contributed by atoms with E-state index < -0.39 is 0 Å². The van der Waals surface area contributed by atoms with Gasteiger partial charge >= 0.3 is 0 Å². The van der Waals surface area contributed by atoms with E-state index in [1.807, 2.05) is 32.0 Å². The van der Waals surface area contributed by atoms with Gasteiger partial charge in [0.1, 0.15) is 0 Å². The van der Waals surface area contributed by atoms with Crippen LogP contribution in [0.1, 0.15) is 28.4 Å². The zero-order valence-electron chi connectivity index (χ0n) is 11.5. The van der Waals surface area contributed by atoms with Crippen molar-refractivity contribution < 1.29 is 4.79 Å². The fraction of sp³-hybridized carbons (Fsp3) is 0.267. The lowest BCUT2D eigenvalue weighted by molar-refractivity contribution is 0.101. The first-order chi connectivity index (χ1) is 8.90. The lowest BCUT2D eigenvalue weighted by atomic mass is 10.0. The number of carbonyl (C=O) groups excluding carboxylic acids is 1. The second-order valence-electron chi connectivity index (χ2n) is 4.73. The van der Waals surface area contributed by atoms with Crippen LogP contribution in [-0.4, -0.2) is 15.6 Å². The van der Waals surface area contributed by atoms with E-state index in [1.165, 1.54) is 17.2 Å². The van der Waals surface area contributed by atoms with Crippen molar-refractivity contribution in [1.82, 2.24) is 9.78 Å². The fourth-order valence-corrected chi connectivity index (χ4v) is 1.90. The first kappa shape index (κ1) is 13.2. The summed E-state index contributed by atoms with van der Waals surface area (Å²) in [5.74, 6) is -0.243. The zero-order valence-corrected chi connectivity index (χ0v) is 11.5. The van der Waals surface area contributed by atoms with Crippen LogP contribution in [0.5, 0.6) is 0 Å². The summed E-state index contributed by atoms with van der Waals surface area (Å²) in [4.78, 5) is 23.3. The molecule has 0 spiro atoms. The van der Waals surface area contributed by atoms with Gasteiger partial charge in [-0.2, -0.15) is 5.10 Å². The van der Waals surface area contributed by atoms with Crippen LogP contribution in [0.4, 0.5) is 0 Å². The van der Waals surface area contributed by atoms with Gasteiger partial charge in [0.2, 0.25) is 0 Å². The van der Waals surface area contributed by atoms with Gasteiger partial charge in [-0.1, -0.05) is 12.1 Å². The van der Waals surface area contributed by atoms with Crippen molar-refractivity contribution in [1.29, 1.82) is 0 Å². The fourth-order valence-electron chi connectivity index (χ4n) is 1.90. The topological polar surface area (TPSA) is 52.0 Å². The first-order valence-corrected chi connectivity index (χ1v) is 6.07. The number of hydrogen-bond acceptors (Lipinski definition) is 3. The molecule has 0 saturated carbocycles. The molecule has 1 heterocycles. The number of ketones is 1. The normalized spacial score (nSPS) is 10.5. The largest absolute Gasteiger partial charge is 0.294 e. The molecule has 2 rings (SSSR count). The van der Waals surface area contributed by atoms with Crippen molar-refractivity contribution in [3.8, 4) is 11.3 Å². The number of benzene rings is 1. The molecular weight excluding hydrogens is 240 g/mol. The number of carbonyl (C=O) groups is 1. The maximum atomic E-state index is 11.8. The molecule has 0 aliphatic carbocycles. The Morgan fingerprint density at radius 2 is 1.84 bits per heavy atom. The number of nitrogens with zero attached hydrogens (tertiary/aromatic N) is 2. The molecule has 0 N–H and O–H groups in total. The molecule has 0 saturated heterocycles. The zero-order chi connectivity index (χ0) is 14.2. The third-order valence-electron chi connectivity index (χ3n) is 3.25. The predicted molar refractivity (Wildman–Crippen MR) is 74.4 cm³/mol. The summed E-state index contributed by atoms with van der Waals surface area (Å²) in [6.07, 6.45) is 0. The Balaban J connectivity index is 2.66.